The van der Waals surface area contributed by atoms with E-state index in [4.69, 9.17) is 4.74 Å². The molecule has 1 aromatic carbocycles. The van der Waals surface area contributed by atoms with Crippen LogP contribution in [0.1, 0.15) is 55.3 Å². The number of carbonyl (C=O) groups excluding carboxylic acids is 1. The summed E-state index contributed by atoms with van der Waals surface area (Å²) in [4.78, 5) is 13.0. The zero-order valence-corrected chi connectivity index (χ0v) is 14.9. The molecule has 3 fully saturated rings. The quantitative estimate of drug-likeness (QED) is 0.748. The molecular weight excluding hydrogens is 343 g/mol. The van der Waals surface area contributed by atoms with E-state index in [1.165, 1.54) is 18.2 Å². The van der Waals surface area contributed by atoms with E-state index < -0.39 is 26.2 Å². The molecule has 1 aliphatic carbocycles. The van der Waals surface area contributed by atoms with Gasteiger partial charge in [0.2, 0.25) is 0 Å². The zero-order valence-electron chi connectivity index (χ0n) is 14.1. The minimum Gasteiger partial charge on any atom is -0.493 e. The fraction of sp³-hybridized carbons (Fsp3) is 0.632. The van der Waals surface area contributed by atoms with Gasteiger partial charge in [0, 0.05) is 5.92 Å². The third-order valence-corrected chi connectivity index (χ3v) is 8.54. The number of fused-ring (bicyclic) bond motifs is 2. The van der Waals surface area contributed by atoms with Gasteiger partial charge in [-0.25, -0.2) is 12.8 Å². The number of ketones is 1. The van der Waals surface area contributed by atoms with Crippen molar-refractivity contribution in [3.63, 3.8) is 0 Å². The van der Waals surface area contributed by atoms with Gasteiger partial charge in [0.15, 0.2) is 15.6 Å². The van der Waals surface area contributed by atoms with Gasteiger partial charge in [-0.15, -0.1) is 0 Å². The summed E-state index contributed by atoms with van der Waals surface area (Å²) in [6.45, 7) is 0.552. The molecule has 6 heteroatoms. The van der Waals surface area contributed by atoms with Crippen LogP contribution in [0.3, 0.4) is 0 Å². The second kappa shape index (κ2) is 6.38. The first-order valence-electron chi connectivity index (χ1n) is 9.14. The third-order valence-electron chi connectivity index (χ3n) is 5.83. The number of rotatable bonds is 5. The average molecular weight is 366 g/mol. The Morgan fingerprint density at radius 3 is 2.44 bits per heavy atom. The standard InChI is InChI=1S/C19H23FO4S/c20-14-6-7-18(24-11-12-4-5-12)17(10-14)19(21)13-8-15-2-1-3-16(9-13)25(15,22)23/h6-7,10,12-13,15-16H,1-5,8-9,11H2. The first-order valence-corrected chi connectivity index (χ1v) is 10.8. The Labute approximate surface area is 147 Å². The maximum absolute atomic E-state index is 13.7. The maximum Gasteiger partial charge on any atom is 0.169 e. The molecular formula is C19H23FO4S. The fourth-order valence-electron chi connectivity index (χ4n) is 4.16. The van der Waals surface area contributed by atoms with Gasteiger partial charge in [-0.1, -0.05) is 6.42 Å². The normalized spacial score (nSPS) is 30.7. The van der Waals surface area contributed by atoms with Crippen LogP contribution in [0.15, 0.2) is 18.2 Å². The van der Waals surface area contributed by atoms with Crippen molar-refractivity contribution in [3.05, 3.63) is 29.6 Å². The summed E-state index contributed by atoms with van der Waals surface area (Å²) in [5.41, 5.74) is 0.267. The van der Waals surface area contributed by atoms with Gasteiger partial charge in [0.25, 0.3) is 0 Å². The van der Waals surface area contributed by atoms with Crippen molar-refractivity contribution in [2.24, 2.45) is 11.8 Å². The molecule has 1 saturated carbocycles. The summed E-state index contributed by atoms with van der Waals surface area (Å²) in [7, 11) is -3.10. The molecule has 2 saturated heterocycles. The molecule has 0 spiro atoms. The Kier molecular flexibility index (Phi) is 4.34. The Morgan fingerprint density at radius 2 is 1.80 bits per heavy atom. The van der Waals surface area contributed by atoms with Crippen LogP contribution in [0.5, 0.6) is 5.75 Å². The minimum atomic E-state index is -3.10. The fourth-order valence-corrected chi connectivity index (χ4v) is 6.69. The SMILES string of the molecule is O=C(c1cc(F)ccc1OCC1CC1)C1CC2CCCC(C1)S2(=O)=O. The smallest absolute Gasteiger partial charge is 0.169 e. The summed E-state index contributed by atoms with van der Waals surface area (Å²) in [6.07, 6.45) is 5.16. The van der Waals surface area contributed by atoms with E-state index in [2.05, 4.69) is 0 Å². The Bertz CT molecular complexity index is 765. The molecule has 2 atom stereocenters. The van der Waals surface area contributed by atoms with Crippen LogP contribution in [-0.2, 0) is 9.84 Å². The highest BCUT2D eigenvalue weighted by Gasteiger charge is 2.46. The van der Waals surface area contributed by atoms with Gasteiger partial charge in [-0.05, 0) is 62.6 Å². The van der Waals surface area contributed by atoms with Gasteiger partial charge < -0.3 is 4.74 Å². The van der Waals surface area contributed by atoms with Crippen molar-refractivity contribution >= 4 is 15.6 Å². The number of carbonyl (C=O) groups is 1. The topological polar surface area (TPSA) is 60.4 Å². The van der Waals surface area contributed by atoms with Crippen LogP contribution in [0.25, 0.3) is 0 Å². The molecule has 0 radical (unpaired) electrons. The second-order valence-corrected chi connectivity index (χ2v) is 10.2. The van der Waals surface area contributed by atoms with E-state index in [0.717, 1.165) is 19.3 Å². The van der Waals surface area contributed by atoms with Gasteiger partial charge in [-0.2, -0.15) is 0 Å². The summed E-state index contributed by atoms with van der Waals surface area (Å²) >= 11 is 0. The number of ether oxygens (including phenoxy) is 1. The highest BCUT2D eigenvalue weighted by Crippen LogP contribution is 2.41. The largest absolute Gasteiger partial charge is 0.493 e. The van der Waals surface area contributed by atoms with E-state index in [9.17, 15) is 17.6 Å². The monoisotopic (exact) mass is 366 g/mol. The summed E-state index contributed by atoms with van der Waals surface area (Å²) in [5.74, 6) is -0.0316. The molecule has 2 heterocycles. The van der Waals surface area contributed by atoms with Crippen molar-refractivity contribution < 1.29 is 22.3 Å². The minimum absolute atomic E-state index is 0.169. The highest BCUT2D eigenvalue weighted by atomic mass is 32.2. The average Bonchev–Trinajstić information content (AvgIpc) is 3.36. The molecule has 2 bridgehead atoms. The van der Waals surface area contributed by atoms with Gasteiger partial charge in [0.05, 0.1) is 22.7 Å². The van der Waals surface area contributed by atoms with E-state index >= 15 is 0 Å². The number of Topliss-reactive ketones (excluding diaryl/α,β-unsaturated/α-hetero) is 1. The van der Waals surface area contributed by atoms with Crippen molar-refractivity contribution in [3.8, 4) is 5.75 Å². The van der Waals surface area contributed by atoms with Crippen molar-refractivity contribution in [2.45, 2.75) is 55.4 Å². The van der Waals surface area contributed by atoms with Gasteiger partial charge in [0.1, 0.15) is 11.6 Å². The van der Waals surface area contributed by atoms with Crippen LogP contribution in [0, 0.1) is 17.7 Å². The molecule has 1 aromatic rings. The Balaban J connectivity index is 1.57. The lowest BCUT2D eigenvalue weighted by atomic mass is 9.84. The van der Waals surface area contributed by atoms with Crippen molar-refractivity contribution in [2.75, 3.05) is 6.61 Å². The number of benzene rings is 1. The molecule has 136 valence electrons. The molecule has 0 amide bonds. The number of hydrogen-bond donors (Lipinski definition) is 0. The van der Waals surface area contributed by atoms with Crippen LogP contribution >= 0.6 is 0 Å². The first-order chi connectivity index (χ1) is 11.9. The molecule has 2 unspecified atom stereocenters. The molecule has 3 aliphatic rings. The van der Waals surface area contributed by atoms with E-state index in [0.29, 0.717) is 44.0 Å². The third kappa shape index (κ3) is 3.33. The lowest BCUT2D eigenvalue weighted by molar-refractivity contribution is 0.0889. The molecule has 2 aliphatic heterocycles. The van der Waals surface area contributed by atoms with Crippen LogP contribution in [0.4, 0.5) is 4.39 Å². The summed E-state index contributed by atoms with van der Waals surface area (Å²) in [6, 6.07) is 4.06. The van der Waals surface area contributed by atoms with Crippen LogP contribution in [0.2, 0.25) is 0 Å². The van der Waals surface area contributed by atoms with E-state index in [1.807, 2.05) is 0 Å². The van der Waals surface area contributed by atoms with Gasteiger partial charge >= 0.3 is 0 Å². The molecule has 0 N–H and O–H groups in total. The maximum atomic E-state index is 13.7. The predicted octanol–water partition coefficient (Wildman–Crippen LogP) is 3.54. The lowest BCUT2D eigenvalue weighted by Gasteiger charge is -2.38. The molecule has 4 rings (SSSR count). The van der Waals surface area contributed by atoms with Crippen molar-refractivity contribution in [1.82, 2.24) is 0 Å². The zero-order chi connectivity index (χ0) is 17.6. The highest BCUT2D eigenvalue weighted by molar-refractivity contribution is 7.92. The van der Waals surface area contributed by atoms with E-state index in [-0.39, 0.29) is 17.3 Å². The van der Waals surface area contributed by atoms with Crippen molar-refractivity contribution in [1.29, 1.82) is 0 Å². The van der Waals surface area contributed by atoms with Crippen LogP contribution < -0.4 is 4.74 Å². The second-order valence-electron chi connectivity index (χ2n) is 7.69. The summed E-state index contributed by atoms with van der Waals surface area (Å²) in [5, 5.41) is -0.836. The Hall–Kier alpha value is -1.43. The number of hydrogen-bond acceptors (Lipinski definition) is 4. The van der Waals surface area contributed by atoms with E-state index in [1.54, 1.807) is 0 Å². The lowest BCUT2D eigenvalue weighted by Crippen LogP contribution is -2.45. The molecule has 4 nitrogen and oxygen atoms in total. The Morgan fingerprint density at radius 1 is 1.12 bits per heavy atom. The first kappa shape index (κ1) is 17.0. The molecule has 25 heavy (non-hydrogen) atoms. The number of halogens is 1. The van der Waals surface area contributed by atoms with Gasteiger partial charge in [-0.3, -0.25) is 4.79 Å². The number of sulfone groups is 1. The van der Waals surface area contributed by atoms with Crippen LogP contribution in [-0.4, -0.2) is 31.3 Å². The summed E-state index contributed by atoms with van der Waals surface area (Å²) < 4.78 is 44.3. The molecule has 0 aromatic heterocycles. The predicted molar refractivity (Wildman–Crippen MR) is 92.0 cm³/mol.